The van der Waals surface area contributed by atoms with Gasteiger partial charge in [-0.1, -0.05) is 72.8 Å². The van der Waals surface area contributed by atoms with E-state index in [0.29, 0.717) is 50.4 Å². The van der Waals surface area contributed by atoms with Crippen LogP contribution in [0, 0.1) is 56.7 Å². The van der Waals surface area contributed by atoms with Crippen molar-refractivity contribution in [3.63, 3.8) is 0 Å². The lowest BCUT2D eigenvalue weighted by atomic mass is 9.98. The average molecular weight is 983 g/mol. The molecule has 3 heterocycles. The highest BCUT2D eigenvalue weighted by Crippen LogP contribution is 2.43. The molecule has 0 bridgehead atoms. The molecule has 76 heavy (non-hydrogen) atoms. The summed E-state index contributed by atoms with van der Waals surface area (Å²) in [6.07, 6.45) is -3.13. The number of nitrogens with zero attached hydrogens (tertiary/aromatic N) is 8. The van der Waals surface area contributed by atoms with E-state index < -0.39 is 11.7 Å². The topological polar surface area (TPSA) is 142 Å². The molecule has 0 spiro atoms. The maximum absolute atomic E-state index is 14.9. The summed E-state index contributed by atoms with van der Waals surface area (Å²) >= 11 is 0. The Kier molecular flexibility index (Phi) is 11.0. The lowest BCUT2D eigenvalue weighted by Crippen LogP contribution is -2.07. The molecule has 0 aliphatic carbocycles. The number of benzene rings is 9. The molecule has 8 nitrogen and oxygen atoms in total. The molecule has 354 valence electrons. The van der Waals surface area contributed by atoms with Crippen molar-refractivity contribution in [2.45, 2.75) is 6.18 Å². The van der Waals surface area contributed by atoms with Crippen molar-refractivity contribution in [3.8, 4) is 97.5 Å². The molecular formula is C65H33F3N8. The minimum absolute atomic E-state index is 0.134. The lowest BCUT2D eigenvalue weighted by molar-refractivity contribution is -0.137. The van der Waals surface area contributed by atoms with Gasteiger partial charge in [0.25, 0.3) is 0 Å². The zero-order chi connectivity index (χ0) is 52.2. The van der Waals surface area contributed by atoms with E-state index >= 15 is 0 Å². The van der Waals surface area contributed by atoms with E-state index in [1.807, 2.05) is 149 Å². The van der Waals surface area contributed by atoms with Crippen molar-refractivity contribution in [3.05, 3.63) is 234 Å². The first kappa shape index (κ1) is 46.1. The fourth-order valence-corrected chi connectivity index (χ4v) is 10.3. The van der Waals surface area contributed by atoms with Crippen LogP contribution in [0.1, 0.15) is 33.4 Å². The second-order valence-corrected chi connectivity index (χ2v) is 18.3. The van der Waals surface area contributed by atoms with Crippen LogP contribution >= 0.6 is 0 Å². The van der Waals surface area contributed by atoms with Crippen LogP contribution in [-0.2, 0) is 6.18 Å². The Bertz CT molecular complexity index is 4430. The second-order valence-electron chi connectivity index (χ2n) is 18.3. The van der Waals surface area contributed by atoms with Gasteiger partial charge in [0.1, 0.15) is 5.82 Å². The Morgan fingerprint density at radius 2 is 0.684 bits per heavy atom. The van der Waals surface area contributed by atoms with Gasteiger partial charge in [0, 0.05) is 27.1 Å². The molecule has 11 heteroatoms. The highest BCUT2D eigenvalue weighted by atomic mass is 19.4. The van der Waals surface area contributed by atoms with Crippen molar-refractivity contribution in [1.82, 2.24) is 14.1 Å². The largest absolute Gasteiger partial charge is 0.416 e. The smallest absolute Gasteiger partial charge is 0.307 e. The highest BCUT2D eigenvalue weighted by Gasteiger charge is 2.32. The summed E-state index contributed by atoms with van der Waals surface area (Å²) in [5, 5.41) is 52.6. The van der Waals surface area contributed by atoms with E-state index in [-0.39, 0.29) is 11.1 Å². The van der Waals surface area contributed by atoms with Gasteiger partial charge in [0.2, 0.25) is 0 Å². The van der Waals surface area contributed by atoms with Crippen LogP contribution in [0.2, 0.25) is 0 Å². The van der Waals surface area contributed by atoms with Crippen LogP contribution in [0.15, 0.2) is 200 Å². The van der Waals surface area contributed by atoms with E-state index in [0.717, 1.165) is 89.2 Å². The summed E-state index contributed by atoms with van der Waals surface area (Å²) in [6, 6.07) is 69.1. The molecule has 12 aromatic rings. The van der Waals surface area contributed by atoms with Crippen LogP contribution in [-0.4, -0.2) is 14.1 Å². The first-order chi connectivity index (χ1) is 37.0. The third kappa shape index (κ3) is 7.99. The Morgan fingerprint density at radius 1 is 0.342 bits per heavy atom. The number of pyridine rings is 1. The normalized spacial score (nSPS) is 11.3. The van der Waals surface area contributed by atoms with Gasteiger partial charge in [-0.2, -0.15) is 39.5 Å². The minimum atomic E-state index is -4.79. The Balaban J connectivity index is 1.15. The zero-order valence-electron chi connectivity index (χ0n) is 39.8. The SMILES string of the molecule is N#Cc1cccc(-c2ccc3c(c2)c2cc(-c4cccc(C#N)c4)ccc2n3-c2cc(-c3cc(C#N)cc(C(F)(F)F)c3)c(-n3c4ccc(-c5cccc(C#N)c5)cc4c4cc(-c5cccc(C#N)c5)ccc43)cn2)c1. The Morgan fingerprint density at radius 3 is 1.04 bits per heavy atom. The maximum Gasteiger partial charge on any atom is 0.416 e. The van der Waals surface area contributed by atoms with Crippen LogP contribution in [0.4, 0.5) is 13.2 Å². The van der Waals surface area contributed by atoms with Gasteiger partial charge < -0.3 is 4.57 Å². The first-order valence-corrected chi connectivity index (χ1v) is 23.8. The molecule has 0 radical (unpaired) electrons. The number of alkyl halides is 3. The van der Waals surface area contributed by atoms with Crippen LogP contribution in [0.25, 0.3) is 111 Å². The van der Waals surface area contributed by atoms with Gasteiger partial charge in [-0.25, -0.2) is 4.98 Å². The molecule has 0 aliphatic heterocycles. The van der Waals surface area contributed by atoms with E-state index in [9.17, 15) is 39.5 Å². The summed E-state index contributed by atoms with van der Waals surface area (Å²) in [5.41, 5.74) is 11.3. The maximum atomic E-state index is 14.9. The van der Waals surface area contributed by atoms with E-state index in [4.69, 9.17) is 4.98 Å². The van der Waals surface area contributed by atoms with Crippen molar-refractivity contribution in [2.24, 2.45) is 0 Å². The van der Waals surface area contributed by atoms with Gasteiger partial charge >= 0.3 is 6.18 Å². The predicted molar refractivity (Wildman–Crippen MR) is 289 cm³/mol. The van der Waals surface area contributed by atoms with E-state index in [1.165, 1.54) is 6.07 Å². The number of rotatable bonds is 7. The quantitative estimate of drug-likeness (QED) is 0.156. The van der Waals surface area contributed by atoms with Gasteiger partial charge in [-0.3, -0.25) is 4.57 Å². The zero-order valence-corrected chi connectivity index (χ0v) is 39.8. The fraction of sp³-hybridized carbons (Fsp3) is 0.0154. The fourth-order valence-electron chi connectivity index (χ4n) is 10.3. The van der Waals surface area contributed by atoms with Gasteiger partial charge in [-0.05, 0) is 171 Å². The van der Waals surface area contributed by atoms with E-state index in [2.05, 4.69) is 36.4 Å². The van der Waals surface area contributed by atoms with E-state index in [1.54, 1.807) is 36.5 Å². The third-order valence-corrected chi connectivity index (χ3v) is 13.9. The molecule has 0 amide bonds. The lowest BCUT2D eigenvalue weighted by Gasteiger charge is -2.18. The molecule has 0 aliphatic rings. The van der Waals surface area contributed by atoms with Gasteiger partial charge in [0.05, 0.1) is 97.7 Å². The summed E-state index contributed by atoms with van der Waals surface area (Å²) in [7, 11) is 0. The molecule has 12 rings (SSSR count). The predicted octanol–water partition coefficient (Wildman–Crippen LogP) is 16.0. The summed E-state index contributed by atoms with van der Waals surface area (Å²) < 4.78 is 48.6. The first-order valence-electron chi connectivity index (χ1n) is 23.8. The molecule has 0 atom stereocenters. The second kappa shape index (κ2) is 18.2. The van der Waals surface area contributed by atoms with Crippen LogP contribution in [0.3, 0.4) is 0 Å². The molecule has 0 N–H and O–H groups in total. The molecular weight excluding hydrogens is 950 g/mol. The third-order valence-electron chi connectivity index (χ3n) is 13.9. The summed E-state index contributed by atoms with van der Waals surface area (Å²) in [6.45, 7) is 0. The number of aromatic nitrogens is 3. The highest BCUT2D eigenvalue weighted by molar-refractivity contribution is 6.13. The molecule has 0 saturated heterocycles. The van der Waals surface area contributed by atoms with Crippen LogP contribution < -0.4 is 0 Å². The number of nitriles is 5. The molecule has 9 aromatic carbocycles. The average Bonchev–Trinajstić information content (AvgIpc) is 4.00. The monoisotopic (exact) mass is 982 g/mol. The molecule has 0 saturated carbocycles. The van der Waals surface area contributed by atoms with Crippen molar-refractivity contribution < 1.29 is 13.2 Å². The van der Waals surface area contributed by atoms with Gasteiger partial charge in [-0.15, -0.1) is 0 Å². The molecule has 0 fully saturated rings. The Labute approximate surface area is 432 Å². The van der Waals surface area contributed by atoms with Gasteiger partial charge in [0.15, 0.2) is 0 Å². The number of fused-ring (bicyclic) bond motifs is 6. The number of hydrogen-bond acceptors (Lipinski definition) is 6. The minimum Gasteiger partial charge on any atom is -0.307 e. The number of halogens is 3. The standard InChI is InChI=1S/C65H33F3N8/c66-65(67,68)53-26-43(37-73)25-52(27-53)54-32-64(76-61-19-15-50(46-11-3-7-41(23-46)35-71)30-57(61)58-31-51(16-20-62(58)76)47-12-4-8-42(24-47)36-72)74-38-63(54)75-59-17-13-48(44-9-1-5-39(21-44)33-69)28-55(59)56-29-49(14-18-60(56)75)45-10-2-6-40(22-45)34-70/h1-32,38H. The summed E-state index contributed by atoms with van der Waals surface area (Å²) in [5.74, 6) is 0.383. The molecule has 3 aromatic heterocycles. The molecule has 0 unspecified atom stereocenters. The Hall–Kier alpha value is -11.0. The van der Waals surface area contributed by atoms with Crippen molar-refractivity contribution in [1.29, 1.82) is 26.3 Å². The van der Waals surface area contributed by atoms with Crippen LogP contribution in [0.5, 0.6) is 0 Å². The summed E-state index contributed by atoms with van der Waals surface area (Å²) in [4.78, 5) is 5.19. The van der Waals surface area contributed by atoms with Crippen molar-refractivity contribution >= 4 is 43.6 Å². The number of hydrogen-bond donors (Lipinski definition) is 0. The van der Waals surface area contributed by atoms with Crippen molar-refractivity contribution in [2.75, 3.05) is 0 Å².